The number of thioether (sulfide) groups is 1. The molecule has 0 radical (unpaired) electrons. The molecule has 2 aliphatic heterocycles. The van der Waals surface area contributed by atoms with Crippen molar-refractivity contribution < 1.29 is 9.53 Å². The molecule has 1 aromatic heterocycles. The normalized spacial score (nSPS) is 18.9. The van der Waals surface area contributed by atoms with Gasteiger partial charge in [0.2, 0.25) is 5.91 Å². The number of amides is 1. The fraction of sp³-hybridized carbons (Fsp3) is 0.450. The first-order valence-electron chi connectivity index (χ1n) is 9.45. The van der Waals surface area contributed by atoms with Crippen molar-refractivity contribution in [1.82, 2.24) is 14.5 Å². The maximum Gasteiger partial charge on any atom is 0.254 e. The van der Waals surface area contributed by atoms with E-state index in [1.54, 1.807) is 29.5 Å². The second kappa shape index (κ2) is 7.87. The third kappa shape index (κ3) is 3.61. The number of anilines is 1. The molecule has 8 heteroatoms. The second-order valence-corrected chi connectivity index (χ2v) is 8.08. The first kappa shape index (κ1) is 18.9. The lowest BCUT2D eigenvalue weighted by molar-refractivity contribution is -0.132. The Labute approximate surface area is 168 Å². The molecule has 0 bridgehead atoms. The number of ether oxygens (including phenoxy) is 1. The highest BCUT2D eigenvalue weighted by atomic mass is 32.2. The number of hydrogen-bond donors (Lipinski definition) is 0. The average molecular weight is 401 g/mol. The van der Waals surface area contributed by atoms with E-state index in [2.05, 4.69) is 9.88 Å². The van der Waals surface area contributed by atoms with Crippen LogP contribution in [0.25, 0.3) is 0 Å². The minimum absolute atomic E-state index is 0.0636. The highest BCUT2D eigenvalue weighted by molar-refractivity contribution is 7.99. The zero-order valence-corrected chi connectivity index (χ0v) is 16.9. The Morgan fingerprint density at radius 2 is 2.00 bits per heavy atom. The number of piperazine rings is 1. The topological polar surface area (TPSA) is 67.7 Å². The van der Waals surface area contributed by atoms with E-state index in [9.17, 15) is 9.59 Å². The molecule has 7 nitrogen and oxygen atoms in total. The van der Waals surface area contributed by atoms with Crippen LogP contribution in [0.5, 0.6) is 5.75 Å². The molecule has 28 heavy (non-hydrogen) atoms. The lowest BCUT2D eigenvalue weighted by Crippen LogP contribution is -2.49. The molecule has 1 fully saturated rings. The Hall–Kier alpha value is -2.48. The molecule has 0 N–H and O–H groups in total. The molecule has 0 aliphatic carbocycles. The standard InChI is InChI=1S/C20H24N4O3S/c1-14-11-19(26)24-15(13-28-20(24)21-14)12-18(25)23-9-7-22(8-10-23)16-5-3-4-6-17(16)27-2/h3-6,11,15H,7-10,12-13H2,1-2H3. The minimum atomic E-state index is -0.111. The number of fused-ring (bicyclic) bond motifs is 1. The van der Waals surface area contributed by atoms with Gasteiger partial charge in [0, 0.05) is 50.1 Å². The largest absolute Gasteiger partial charge is 0.495 e. The summed E-state index contributed by atoms with van der Waals surface area (Å²) in [6.45, 7) is 4.70. The maximum absolute atomic E-state index is 12.8. The van der Waals surface area contributed by atoms with Crippen LogP contribution in [0.15, 0.2) is 40.3 Å². The third-order valence-electron chi connectivity index (χ3n) is 5.29. The van der Waals surface area contributed by atoms with E-state index in [-0.39, 0.29) is 17.5 Å². The van der Waals surface area contributed by atoms with Crippen molar-refractivity contribution in [3.8, 4) is 5.75 Å². The fourth-order valence-electron chi connectivity index (χ4n) is 3.83. The van der Waals surface area contributed by atoms with Gasteiger partial charge in [-0.1, -0.05) is 23.9 Å². The van der Waals surface area contributed by atoms with Crippen LogP contribution in [0.2, 0.25) is 0 Å². The van der Waals surface area contributed by atoms with Crippen molar-refractivity contribution in [2.45, 2.75) is 24.5 Å². The van der Waals surface area contributed by atoms with Crippen LogP contribution in [0.3, 0.4) is 0 Å². The third-order valence-corrected chi connectivity index (χ3v) is 6.38. The SMILES string of the molecule is COc1ccccc1N1CCN(C(=O)CC2CSc3nc(C)cc(=O)n32)CC1. The molecule has 148 valence electrons. The van der Waals surface area contributed by atoms with Gasteiger partial charge in [0.25, 0.3) is 5.56 Å². The van der Waals surface area contributed by atoms with Gasteiger partial charge < -0.3 is 14.5 Å². The average Bonchev–Trinajstić information content (AvgIpc) is 3.10. The number of rotatable bonds is 4. The molecular weight excluding hydrogens is 376 g/mol. The Kier molecular flexibility index (Phi) is 5.30. The Bertz CT molecular complexity index is 937. The van der Waals surface area contributed by atoms with Gasteiger partial charge in [0.1, 0.15) is 5.75 Å². The van der Waals surface area contributed by atoms with Gasteiger partial charge in [-0.05, 0) is 19.1 Å². The molecule has 3 heterocycles. The highest BCUT2D eigenvalue weighted by Gasteiger charge is 2.30. The van der Waals surface area contributed by atoms with Gasteiger partial charge in [-0.3, -0.25) is 14.2 Å². The van der Waals surface area contributed by atoms with Crippen molar-refractivity contribution in [1.29, 1.82) is 0 Å². The van der Waals surface area contributed by atoms with E-state index in [0.29, 0.717) is 19.5 Å². The number of nitrogens with zero attached hydrogens (tertiary/aromatic N) is 4. The van der Waals surface area contributed by atoms with Crippen molar-refractivity contribution in [2.24, 2.45) is 0 Å². The van der Waals surface area contributed by atoms with Crippen LogP contribution < -0.4 is 15.2 Å². The number of carbonyl (C=O) groups is 1. The molecular formula is C20H24N4O3S. The maximum atomic E-state index is 12.8. The summed E-state index contributed by atoms with van der Waals surface area (Å²) < 4.78 is 7.13. The quantitative estimate of drug-likeness (QED) is 0.731. The molecule has 1 amide bonds. The highest BCUT2D eigenvalue weighted by Crippen LogP contribution is 2.33. The van der Waals surface area contributed by atoms with Crippen LogP contribution in [0.4, 0.5) is 5.69 Å². The summed E-state index contributed by atoms with van der Waals surface area (Å²) in [5, 5.41) is 0.726. The van der Waals surface area contributed by atoms with Crippen molar-refractivity contribution in [2.75, 3.05) is 43.9 Å². The second-order valence-electron chi connectivity index (χ2n) is 7.10. The van der Waals surface area contributed by atoms with E-state index in [1.165, 1.54) is 0 Å². The van der Waals surface area contributed by atoms with Crippen LogP contribution >= 0.6 is 11.8 Å². The molecule has 1 saturated heterocycles. The predicted molar refractivity (Wildman–Crippen MR) is 109 cm³/mol. The lowest BCUT2D eigenvalue weighted by Gasteiger charge is -2.37. The van der Waals surface area contributed by atoms with E-state index >= 15 is 0 Å². The summed E-state index contributed by atoms with van der Waals surface area (Å²) >= 11 is 1.55. The fourth-order valence-corrected chi connectivity index (χ4v) is 5.03. The number of carbonyl (C=O) groups excluding carboxylic acids is 1. The minimum Gasteiger partial charge on any atom is -0.495 e. The summed E-state index contributed by atoms with van der Waals surface area (Å²) in [4.78, 5) is 33.8. The molecule has 1 aromatic carbocycles. The zero-order valence-electron chi connectivity index (χ0n) is 16.1. The Morgan fingerprint density at radius 1 is 1.25 bits per heavy atom. The predicted octanol–water partition coefficient (Wildman–Crippen LogP) is 1.95. The number of para-hydroxylation sites is 2. The van der Waals surface area contributed by atoms with Crippen LogP contribution in [-0.2, 0) is 4.79 Å². The molecule has 2 aromatic rings. The number of benzene rings is 1. The van der Waals surface area contributed by atoms with E-state index in [4.69, 9.17) is 4.74 Å². The molecule has 1 unspecified atom stereocenters. The van der Waals surface area contributed by atoms with Gasteiger partial charge >= 0.3 is 0 Å². The van der Waals surface area contributed by atoms with E-state index < -0.39 is 0 Å². The van der Waals surface area contributed by atoms with Gasteiger partial charge in [-0.15, -0.1) is 0 Å². The molecule has 2 aliphatic rings. The molecule has 1 atom stereocenters. The van der Waals surface area contributed by atoms with Gasteiger partial charge in [0.15, 0.2) is 5.16 Å². The van der Waals surface area contributed by atoms with Crippen LogP contribution in [0.1, 0.15) is 18.2 Å². The van der Waals surface area contributed by atoms with Crippen molar-refractivity contribution in [3.05, 3.63) is 46.4 Å². The summed E-state index contributed by atoms with van der Waals surface area (Å²) in [7, 11) is 1.67. The first-order chi connectivity index (χ1) is 13.6. The summed E-state index contributed by atoms with van der Waals surface area (Å²) in [6, 6.07) is 9.38. The molecule has 4 rings (SSSR count). The van der Waals surface area contributed by atoms with Crippen LogP contribution in [-0.4, -0.2) is 59.4 Å². The van der Waals surface area contributed by atoms with Gasteiger partial charge in [0.05, 0.1) is 18.8 Å². The lowest BCUT2D eigenvalue weighted by atomic mass is 10.1. The Balaban J connectivity index is 1.39. The van der Waals surface area contributed by atoms with Gasteiger partial charge in [-0.2, -0.15) is 0 Å². The number of aromatic nitrogens is 2. The first-order valence-corrected chi connectivity index (χ1v) is 10.4. The summed E-state index contributed by atoms with van der Waals surface area (Å²) in [5.41, 5.74) is 1.72. The summed E-state index contributed by atoms with van der Waals surface area (Å²) in [5.74, 6) is 1.67. The monoisotopic (exact) mass is 400 g/mol. The summed E-state index contributed by atoms with van der Waals surface area (Å²) in [6.07, 6.45) is 0.347. The number of aryl methyl sites for hydroxylation is 1. The number of hydrogen-bond acceptors (Lipinski definition) is 6. The van der Waals surface area contributed by atoms with Gasteiger partial charge in [-0.25, -0.2) is 4.98 Å². The van der Waals surface area contributed by atoms with E-state index in [0.717, 1.165) is 41.1 Å². The molecule has 0 saturated carbocycles. The smallest absolute Gasteiger partial charge is 0.254 e. The Morgan fingerprint density at radius 3 is 2.75 bits per heavy atom. The van der Waals surface area contributed by atoms with Crippen LogP contribution in [0, 0.1) is 6.92 Å². The van der Waals surface area contributed by atoms with Crippen molar-refractivity contribution in [3.63, 3.8) is 0 Å². The molecule has 0 spiro atoms. The van der Waals surface area contributed by atoms with E-state index in [1.807, 2.05) is 36.1 Å². The zero-order chi connectivity index (χ0) is 19.7. The van der Waals surface area contributed by atoms with Crippen molar-refractivity contribution >= 4 is 23.4 Å². The number of methoxy groups -OCH3 is 1.